The van der Waals surface area contributed by atoms with E-state index in [0.29, 0.717) is 23.0 Å². The van der Waals surface area contributed by atoms with E-state index in [4.69, 9.17) is 0 Å². The number of carbonyl (C=O) groups is 1. The zero-order valence-corrected chi connectivity index (χ0v) is 15.8. The first-order chi connectivity index (χ1) is 11.6. The van der Waals surface area contributed by atoms with E-state index in [1.807, 2.05) is 5.38 Å². The number of hydrogen-bond acceptors (Lipinski definition) is 4. The van der Waals surface area contributed by atoms with Gasteiger partial charge in [0.1, 0.15) is 5.82 Å². The number of amides is 1. The first kappa shape index (κ1) is 19.8. The fourth-order valence-corrected chi connectivity index (χ4v) is 3.69. The van der Waals surface area contributed by atoms with Crippen LogP contribution in [0.15, 0.2) is 23.6 Å². The fraction of sp³-hybridized carbons (Fsp3) is 0.444. The van der Waals surface area contributed by atoms with Crippen molar-refractivity contribution in [1.29, 1.82) is 0 Å². The lowest BCUT2D eigenvalue weighted by Gasteiger charge is -2.21. The van der Waals surface area contributed by atoms with E-state index in [1.54, 1.807) is 19.1 Å². The van der Waals surface area contributed by atoms with E-state index in [2.05, 4.69) is 15.6 Å². The van der Waals surface area contributed by atoms with E-state index in [0.717, 1.165) is 43.6 Å². The Labute approximate surface area is 157 Å². The van der Waals surface area contributed by atoms with E-state index in [9.17, 15) is 9.18 Å². The molecule has 0 bridgehead atoms. The third-order valence-corrected chi connectivity index (χ3v) is 5.20. The number of piperidine rings is 1. The molecule has 0 unspecified atom stereocenters. The van der Waals surface area contributed by atoms with E-state index >= 15 is 0 Å². The summed E-state index contributed by atoms with van der Waals surface area (Å²) in [4.78, 5) is 16.5. The zero-order chi connectivity index (χ0) is 16.9. The molecular formula is C18H23ClFN3OS. The Morgan fingerprint density at radius 3 is 2.88 bits per heavy atom. The highest BCUT2D eigenvalue weighted by atomic mass is 35.5. The van der Waals surface area contributed by atoms with Crippen LogP contribution >= 0.6 is 23.7 Å². The molecule has 7 heteroatoms. The lowest BCUT2D eigenvalue weighted by Crippen LogP contribution is -2.28. The highest BCUT2D eigenvalue weighted by Gasteiger charge is 2.15. The van der Waals surface area contributed by atoms with Crippen molar-refractivity contribution in [2.45, 2.75) is 32.6 Å². The normalized spacial score (nSPS) is 14.8. The second kappa shape index (κ2) is 9.27. The molecule has 1 aromatic carbocycles. The number of aromatic nitrogens is 1. The highest BCUT2D eigenvalue weighted by Crippen LogP contribution is 2.26. The van der Waals surface area contributed by atoms with Gasteiger partial charge in [-0.2, -0.15) is 0 Å². The Morgan fingerprint density at radius 1 is 1.40 bits per heavy atom. The summed E-state index contributed by atoms with van der Waals surface area (Å²) in [5.41, 5.74) is 2.21. The molecule has 1 saturated heterocycles. The zero-order valence-electron chi connectivity index (χ0n) is 14.2. The van der Waals surface area contributed by atoms with Crippen LogP contribution in [0.5, 0.6) is 0 Å². The predicted molar refractivity (Wildman–Crippen MR) is 103 cm³/mol. The van der Waals surface area contributed by atoms with Gasteiger partial charge in [-0.15, -0.1) is 23.7 Å². The van der Waals surface area contributed by atoms with Crippen LogP contribution in [-0.2, 0) is 4.79 Å². The summed E-state index contributed by atoms with van der Waals surface area (Å²) in [7, 11) is 0. The van der Waals surface area contributed by atoms with Gasteiger partial charge in [-0.3, -0.25) is 4.79 Å². The summed E-state index contributed by atoms with van der Waals surface area (Å²) in [6, 6.07) is 4.93. The minimum Gasteiger partial charge on any atom is -0.317 e. The molecule has 0 saturated carbocycles. The van der Waals surface area contributed by atoms with Crippen LogP contribution in [0.4, 0.5) is 9.52 Å². The summed E-state index contributed by atoms with van der Waals surface area (Å²) in [6.07, 6.45) is 3.77. The topological polar surface area (TPSA) is 54.0 Å². The quantitative estimate of drug-likeness (QED) is 0.804. The van der Waals surface area contributed by atoms with Gasteiger partial charge in [0, 0.05) is 17.4 Å². The smallest absolute Gasteiger partial charge is 0.226 e. The van der Waals surface area contributed by atoms with E-state index in [1.165, 1.54) is 17.4 Å². The van der Waals surface area contributed by atoms with Gasteiger partial charge in [-0.1, -0.05) is 0 Å². The molecule has 1 aromatic heterocycles. The molecule has 25 heavy (non-hydrogen) atoms. The highest BCUT2D eigenvalue weighted by molar-refractivity contribution is 7.14. The van der Waals surface area contributed by atoms with Crippen molar-refractivity contribution < 1.29 is 9.18 Å². The lowest BCUT2D eigenvalue weighted by molar-refractivity contribution is -0.116. The van der Waals surface area contributed by atoms with Crippen LogP contribution in [0.2, 0.25) is 0 Å². The summed E-state index contributed by atoms with van der Waals surface area (Å²) in [5.74, 6) is 0.441. The number of nitrogens with zero attached hydrogens (tertiary/aromatic N) is 1. The third kappa shape index (κ3) is 5.49. The van der Waals surface area contributed by atoms with Crippen LogP contribution in [0.1, 0.15) is 31.2 Å². The standard InChI is InChI=1S/C18H22FN3OS.ClH/c1-12-10-14(3-4-15(12)19)16-11-24-18(21-16)22-17(23)5-2-13-6-8-20-9-7-13;/h3-4,10-11,13,20H,2,5-9H2,1H3,(H,21,22,23);1H. The van der Waals surface area contributed by atoms with Crippen LogP contribution in [0.3, 0.4) is 0 Å². The molecule has 0 radical (unpaired) electrons. The predicted octanol–water partition coefficient (Wildman–Crippen LogP) is 4.40. The Bertz CT molecular complexity index is 716. The second-order valence-corrected chi connectivity index (χ2v) is 7.14. The molecule has 2 aromatic rings. The molecule has 2 N–H and O–H groups in total. The van der Waals surface area contributed by atoms with Crippen molar-refractivity contribution >= 4 is 34.8 Å². The molecular weight excluding hydrogens is 361 g/mol. The molecule has 3 rings (SSSR count). The van der Waals surface area contributed by atoms with Crippen LogP contribution in [-0.4, -0.2) is 24.0 Å². The Hall–Kier alpha value is -1.50. The van der Waals surface area contributed by atoms with Crippen molar-refractivity contribution in [3.8, 4) is 11.3 Å². The first-order valence-corrected chi connectivity index (χ1v) is 9.22. The Morgan fingerprint density at radius 2 is 2.16 bits per heavy atom. The van der Waals surface area contributed by atoms with Gasteiger partial charge >= 0.3 is 0 Å². The second-order valence-electron chi connectivity index (χ2n) is 6.28. The number of carbonyl (C=O) groups excluding carboxylic acids is 1. The number of nitrogens with one attached hydrogen (secondary N) is 2. The monoisotopic (exact) mass is 383 g/mol. The van der Waals surface area contributed by atoms with Crippen molar-refractivity contribution in [3.63, 3.8) is 0 Å². The van der Waals surface area contributed by atoms with Crippen LogP contribution in [0.25, 0.3) is 11.3 Å². The number of rotatable bonds is 5. The third-order valence-electron chi connectivity index (χ3n) is 4.44. The molecule has 2 heterocycles. The SMILES string of the molecule is Cc1cc(-c2csc(NC(=O)CCC3CCNCC3)n2)ccc1F.Cl. The summed E-state index contributed by atoms with van der Waals surface area (Å²) in [5, 5.41) is 8.70. The van der Waals surface area contributed by atoms with Crippen LogP contribution in [0, 0.1) is 18.7 Å². The maximum Gasteiger partial charge on any atom is 0.226 e. The minimum absolute atomic E-state index is 0. The first-order valence-electron chi connectivity index (χ1n) is 8.34. The Balaban J connectivity index is 0.00000225. The van der Waals surface area contributed by atoms with Crippen molar-refractivity contribution in [1.82, 2.24) is 10.3 Å². The molecule has 0 atom stereocenters. The van der Waals surface area contributed by atoms with Gasteiger partial charge in [0.05, 0.1) is 5.69 Å². The Kier molecular flexibility index (Phi) is 7.35. The van der Waals surface area contributed by atoms with Gasteiger partial charge in [0.25, 0.3) is 0 Å². The van der Waals surface area contributed by atoms with E-state index in [-0.39, 0.29) is 24.1 Å². The van der Waals surface area contributed by atoms with Gasteiger partial charge in [-0.05, 0) is 69.0 Å². The van der Waals surface area contributed by atoms with Crippen molar-refractivity contribution in [2.75, 3.05) is 18.4 Å². The number of aryl methyl sites for hydroxylation is 1. The molecule has 0 aliphatic carbocycles. The maximum absolute atomic E-state index is 13.4. The number of halogens is 2. The number of hydrogen-bond donors (Lipinski definition) is 2. The molecule has 0 spiro atoms. The average molecular weight is 384 g/mol. The van der Waals surface area contributed by atoms with Crippen molar-refractivity contribution in [2.24, 2.45) is 5.92 Å². The number of thiazole rings is 1. The summed E-state index contributed by atoms with van der Waals surface area (Å²) < 4.78 is 13.4. The van der Waals surface area contributed by atoms with Gasteiger partial charge in [0.15, 0.2) is 5.13 Å². The summed E-state index contributed by atoms with van der Waals surface area (Å²) >= 11 is 1.40. The van der Waals surface area contributed by atoms with Crippen LogP contribution < -0.4 is 10.6 Å². The molecule has 1 aliphatic heterocycles. The molecule has 1 aliphatic rings. The van der Waals surface area contributed by atoms with Gasteiger partial charge in [0.2, 0.25) is 5.91 Å². The number of anilines is 1. The average Bonchev–Trinajstić information content (AvgIpc) is 3.05. The largest absolute Gasteiger partial charge is 0.317 e. The molecule has 1 fully saturated rings. The maximum atomic E-state index is 13.4. The van der Waals surface area contributed by atoms with Crippen molar-refractivity contribution in [3.05, 3.63) is 35.0 Å². The number of benzene rings is 1. The molecule has 4 nitrogen and oxygen atoms in total. The molecule has 136 valence electrons. The summed E-state index contributed by atoms with van der Waals surface area (Å²) in [6.45, 7) is 3.84. The fourth-order valence-electron chi connectivity index (χ4n) is 2.96. The van der Waals surface area contributed by atoms with E-state index < -0.39 is 0 Å². The lowest BCUT2D eigenvalue weighted by atomic mass is 9.93. The molecule has 1 amide bonds. The minimum atomic E-state index is -0.222. The van der Waals surface area contributed by atoms with Gasteiger partial charge in [-0.25, -0.2) is 9.37 Å². The van der Waals surface area contributed by atoms with Gasteiger partial charge < -0.3 is 10.6 Å².